The van der Waals surface area contributed by atoms with Gasteiger partial charge in [0.1, 0.15) is 11.5 Å². The smallest absolute Gasteiger partial charge is 0.274 e. The van der Waals surface area contributed by atoms with Crippen LogP contribution in [0.1, 0.15) is 26.3 Å². The summed E-state index contributed by atoms with van der Waals surface area (Å²) in [6.07, 6.45) is 0. The molecule has 0 aliphatic heterocycles. The Bertz CT molecular complexity index is 1040. The monoisotopic (exact) mass is 318 g/mol. The maximum absolute atomic E-state index is 13.6. The number of carbonyl (C=O) groups excluding carboxylic acids is 2. The molecular weight excluding hydrogens is 307 g/mol. The highest BCUT2D eigenvalue weighted by Crippen LogP contribution is 2.30. The van der Waals surface area contributed by atoms with Crippen molar-refractivity contribution in [3.05, 3.63) is 83.2 Å². The molecular formula is C19H11FN2O2. The molecule has 0 spiro atoms. The van der Waals surface area contributed by atoms with Gasteiger partial charge in [-0.05, 0) is 17.5 Å². The normalized spacial score (nSPS) is 14.4. The molecule has 0 unspecified atom stereocenters. The highest BCUT2D eigenvalue weighted by molar-refractivity contribution is 6.59. The molecule has 0 atom stereocenters. The van der Waals surface area contributed by atoms with Gasteiger partial charge in [0.15, 0.2) is 0 Å². The second-order valence-corrected chi connectivity index (χ2v) is 5.42. The Morgan fingerprint density at radius 2 is 1.62 bits per heavy atom. The molecule has 116 valence electrons. The molecule has 0 saturated heterocycles. The van der Waals surface area contributed by atoms with Gasteiger partial charge in [-0.3, -0.25) is 9.59 Å². The molecule has 1 N–H and O–H groups in total. The number of rotatable bonds is 2. The van der Waals surface area contributed by atoms with Gasteiger partial charge in [0.05, 0.1) is 5.56 Å². The van der Waals surface area contributed by atoms with Crippen LogP contribution in [0.25, 0.3) is 10.8 Å². The molecule has 1 amide bonds. The van der Waals surface area contributed by atoms with Crippen molar-refractivity contribution in [3.8, 4) is 0 Å². The average Bonchev–Trinajstić information content (AvgIpc) is 2.88. The molecule has 4 rings (SSSR count). The van der Waals surface area contributed by atoms with Crippen LogP contribution in [0.2, 0.25) is 0 Å². The lowest BCUT2D eigenvalue weighted by Crippen LogP contribution is -2.23. The van der Waals surface area contributed by atoms with Crippen molar-refractivity contribution in [2.45, 2.75) is 0 Å². The lowest BCUT2D eigenvalue weighted by molar-refractivity contribution is 0.0951. The first kappa shape index (κ1) is 14.3. The Morgan fingerprint density at radius 1 is 0.917 bits per heavy atom. The Morgan fingerprint density at radius 3 is 2.38 bits per heavy atom. The second-order valence-electron chi connectivity index (χ2n) is 5.42. The molecule has 0 fully saturated rings. The van der Waals surface area contributed by atoms with Crippen LogP contribution in [-0.2, 0) is 0 Å². The number of nitrogens with zero attached hydrogens (tertiary/aromatic N) is 1. The second kappa shape index (κ2) is 5.38. The molecule has 1 aliphatic rings. The van der Waals surface area contributed by atoms with Crippen LogP contribution >= 0.6 is 0 Å². The van der Waals surface area contributed by atoms with Crippen LogP contribution in [0, 0.1) is 5.82 Å². The van der Waals surface area contributed by atoms with Gasteiger partial charge in [0.2, 0.25) is 5.78 Å². The number of amides is 1. The summed E-state index contributed by atoms with van der Waals surface area (Å²) in [6.45, 7) is 0. The van der Waals surface area contributed by atoms with E-state index in [9.17, 15) is 14.0 Å². The lowest BCUT2D eigenvalue weighted by atomic mass is 10.1. The summed E-state index contributed by atoms with van der Waals surface area (Å²) in [7, 11) is 0. The molecule has 0 heterocycles. The van der Waals surface area contributed by atoms with Crippen LogP contribution in [0.15, 0.2) is 65.8 Å². The van der Waals surface area contributed by atoms with E-state index in [-0.39, 0.29) is 17.1 Å². The van der Waals surface area contributed by atoms with E-state index in [0.29, 0.717) is 11.1 Å². The molecule has 3 aromatic carbocycles. The van der Waals surface area contributed by atoms with Crippen LogP contribution in [0.5, 0.6) is 0 Å². The molecule has 0 aromatic heterocycles. The quantitative estimate of drug-likeness (QED) is 0.737. The summed E-state index contributed by atoms with van der Waals surface area (Å²) in [4.78, 5) is 24.6. The largest absolute Gasteiger partial charge is 0.287 e. The van der Waals surface area contributed by atoms with Crippen LogP contribution in [0.3, 0.4) is 0 Å². The van der Waals surface area contributed by atoms with E-state index in [1.54, 1.807) is 24.3 Å². The zero-order valence-corrected chi connectivity index (χ0v) is 12.4. The van der Waals surface area contributed by atoms with Gasteiger partial charge in [-0.25, -0.2) is 9.82 Å². The Kier molecular flexibility index (Phi) is 3.20. The number of halogens is 1. The van der Waals surface area contributed by atoms with Gasteiger partial charge < -0.3 is 0 Å². The minimum absolute atomic E-state index is 0.122. The maximum atomic E-state index is 13.6. The highest BCUT2D eigenvalue weighted by Gasteiger charge is 2.29. The van der Waals surface area contributed by atoms with E-state index in [1.165, 1.54) is 18.2 Å². The third kappa shape index (κ3) is 2.10. The first-order chi connectivity index (χ1) is 11.7. The summed E-state index contributed by atoms with van der Waals surface area (Å²) >= 11 is 0. The number of hydrogen-bond acceptors (Lipinski definition) is 3. The Hall–Kier alpha value is -3.34. The van der Waals surface area contributed by atoms with Crippen molar-refractivity contribution in [3.63, 3.8) is 0 Å². The molecule has 4 nitrogen and oxygen atoms in total. The van der Waals surface area contributed by atoms with Crippen molar-refractivity contribution >= 4 is 28.2 Å². The first-order valence-electron chi connectivity index (χ1n) is 7.36. The Labute approximate surface area is 136 Å². The summed E-state index contributed by atoms with van der Waals surface area (Å²) < 4.78 is 13.6. The zero-order valence-electron chi connectivity index (χ0n) is 12.4. The summed E-state index contributed by atoms with van der Waals surface area (Å²) in [5, 5.41) is 5.72. The van der Waals surface area contributed by atoms with Crippen LogP contribution < -0.4 is 5.43 Å². The van der Waals surface area contributed by atoms with Crippen molar-refractivity contribution in [1.29, 1.82) is 0 Å². The Balaban J connectivity index is 1.73. The number of benzene rings is 3. The number of hydrazone groups is 1. The van der Waals surface area contributed by atoms with E-state index in [0.717, 1.165) is 10.8 Å². The molecule has 24 heavy (non-hydrogen) atoms. The third-order valence-corrected chi connectivity index (χ3v) is 4.01. The third-order valence-electron chi connectivity index (χ3n) is 4.01. The predicted octanol–water partition coefficient (Wildman–Crippen LogP) is 3.31. The van der Waals surface area contributed by atoms with Crippen LogP contribution in [-0.4, -0.2) is 17.4 Å². The fourth-order valence-electron chi connectivity index (χ4n) is 2.90. The molecule has 0 bridgehead atoms. The predicted molar refractivity (Wildman–Crippen MR) is 88.7 cm³/mol. The number of Topliss-reactive ketones (excluding diaryl/α,β-unsaturated/α-hetero) is 1. The minimum atomic E-state index is -0.698. The van der Waals surface area contributed by atoms with E-state index < -0.39 is 11.7 Å². The van der Waals surface area contributed by atoms with E-state index >= 15 is 0 Å². The molecule has 0 radical (unpaired) electrons. The number of nitrogens with one attached hydrogen (secondary N) is 1. The van der Waals surface area contributed by atoms with Crippen molar-refractivity contribution in [2.75, 3.05) is 0 Å². The summed E-state index contributed by atoms with van der Waals surface area (Å²) in [5.74, 6) is -1.59. The fourth-order valence-corrected chi connectivity index (χ4v) is 2.90. The molecule has 1 aliphatic carbocycles. The van der Waals surface area contributed by atoms with Gasteiger partial charge in [0.25, 0.3) is 5.91 Å². The number of hydrogen-bond donors (Lipinski definition) is 1. The standard InChI is InChI=1S/C19H11FN2O2/c20-15-10-2-1-7-12(15)19(24)22-21-17-13-8-3-5-11-6-4-9-14(16(11)13)18(17)23/h1-10H,(H,22,24). The zero-order chi connectivity index (χ0) is 16.7. The minimum Gasteiger partial charge on any atom is -0.287 e. The van der Waals surface area contributed by atoms with Crippen LogP contribution in [0.4, 0.5) is 4.39 Å². The summed E-state index contributed by atoms with van der Waals surface area (Å²) in [5.41, 5.74) is 3.54. The number of ketones is 1. The lowest BCUT2D eigenvalue weighted by Gasteiger charge is -2.03. The van der Waals surface area contributed by atoms with Gasteiger partial charge in [-0.15, -0.1) is 0 Å². The maximum Gasteiger partial charge on any atom is 0.274 e. The topological polar surface area (TPSA) is 58.5 Å². The SMILES string of the molecule is O=C(NN=C1C(=O)c2cccc3cccc1c23)c1ccccc1F. The molecule has 0 saturated carbocycles. The first-order valence-corrected chi connectivity index (χ1v) is 7.36. The van der Waals surface area contributed by atoms with E-state index in [4.69, 9.17) is 0 Å². The number of carbonyl (C=O) groups is 2. The van der Waals surface area contributed by atoms with Gasteiger partial charge in [-0.2, -0.15) is 5.10 Å². The van der Waals surface area contributed by atoms with Gasteiger partial charge in [-0.1, -0.05) is 48.5 Å². The van der Waals surface area contributed by atoms with E-state index in [1.807, 2.05) is 18.2 Å². The van der Waals surface area contributed by atoms with Gasteiger partial charge in [0, 0.05) is 16.5 Å². The fraction of sp³-hybridized carbons (Fsp3) is 0. The van der Waals surface area contributed by atoms with Gasteiger partial charge >= 0.3 is 0 Å². The summed E-state index contributed by atoms with van der Waals surface area (Å²) in [6, 6.07) is 16.6. The highest BCUT2D eigenvalue weighted by atomic mass is 19.1. The van der Waals surface area contributed by atoms with E-state index in [2.05, 4.69) is 10.5 Å². The van der Waals surface area contributed by atoms with Crippen molar-refractivity contribution in [2.24, 2.45) is 5.10 Å². The van der Waals surface area contributed by atoms with Crippen molar-refractivity contribution < 1.29 is 14.0 Å². The molecule has 5 heteroatoms. The average molecular weight is 318 g/mol. The van der Waals surface area contributed by atoms with Crippen molar-refractivity contribution in [1.82, 2.24) is 5.43 Å². The molecule has 3 aromatic rings.